The van der Waals surface area contributed by atoms with E-state index < -0.39 is 0 Å². The Labute approximate surface area is 170 Å². The average Bonchev–Trinajstić information content (AvgIpc) is 2.62. The number of hydrogen-bond donors (Lipinski definition) is 0. The summed E-state index contributed by atoms with van der Waals surface area (Å²) in [6.07, 6.45) is 6.70. The highest BCUT2D eigenvalue weighted by Crippen LogP contribution is 2.33. The number of rotatable bonds is 10. The maximum atomic E-state index is 6.16. The van der Waals surface area contributed by atoms with Crippen molar-refractivity contribution >= 4 is 18.5 Å². The minimum atomic E-state index is -0.298. The van der Waals surface area contributed by atoms with Gasteiger partial charge in [0.2, 0.25) is 0 Å². The first-order chi connectivity index (χ1) is 12.9. The van der Waals surface area contributed by atoms with Crippen molar-refractivity contribution in [1.29, 1.82) is 0 Å². The minimum absolute atomic E-state index is 0.298. The van der Waals surface area contributed by atoms with E-state index >= 15 is 0 Å². The molecule has 0 N–H and O–H groups in total. The number of hydrogen-bond acceptors (Lipinski definition) is 1. The van der Waals surface area contributed by atoms with Crippen LogP contribution in [0.4, 0.5) is 0 Å². The summed E-state index contributed by atoms with van der Waals surface area (Å²) in [5.41, 5.74) is 5.20. The second-order valence-corrected chi connectivity index (χ2v) is 10.4. The molecule has 0 aliphatic heterocycles. The highest BCUT2D eigenvalue weighted by molar-refractivity contribution is 7.39. The summed E-state index contributed by atoms with van der Waals surface area (Å²) in [6.45, 7) is 7.44. The van der Waals surface area contributed by atoms with Gasteiger partial charge in [-0.05, 0) is 55.7 Å². The predicted molar refractivity (Wildman–Crippen MR) is 126 cm³/mol. The van der Waals surface area contributed by atoms with Crippen molar-refractivity contribution in [2.24, 2.45) is 5.92 Å². The summed E-state index contributed by atoms with van der Waals surface area (Å²) < 4.78 is 6.16. The highest BCUT2D eigenvalue weighted by Gasteiger charge is 2.20. The van der Waals surface area contributed by atoms with E-state index in [0.29, 0.717) is 5.92 Å². The zero-order valence-corrected chi connectivity index (χ0v) is 19.3. The molecule has 0 bridgehead atoms. The summed E-state index contributed by atoms with van der Waals surface area (Å²) in [7, 11) is 5.72. The van der Waals surface area contributed by atoms with Crippen molar-refractivity contribution < 1.29 is 4.74 Å². The smallest absolute Gasteiger partial charge is 0.0979 e. The number of allylic oxidation sites excluding steroid dienone is 2. The first kappa shape index (κ1) is 22.3. The van der Waals surface area contributed by atoms with Gasteiger partial charge in [-0.1, -0.05) is 91.6 Å². The topological polar surface area (TPSA) is 9.23 Å². The lowest BCUT2D eigenvalue weighted by atomic mass is 10.0. The molecule has 2 aromatic carbocycles. The van der Waals surface area contributed by atoms with Crippen LogP contribution in [0.3, 0.4) is 0 Å². The summed E-state index contributed by atoms with van der Waals surface area (Å²) >= 11 is 0. The highest BCUT2D eigenvalue weighted by atomic mass is 31.1. The van der Waals surface area contributed by atoms with Gasteiger partial charge >= 0.3 is 0 Å². The average molecular weight is 400 g/mol. The molecule has 0 amide bonds. The first-order valence-corrected chi connectivity index (χ1v) is 11.0. The standard InChI is InChI=1S/C24H34OP2/c1-19(2)8-7-9-20(3)16-17-25-24(26,27)18-21-12-14-23(15-13-21)22-10-5-4-6-11-22/h4-6,8,10-15,20H,7,9,16-18,26-27H2,1-3H3/t20-/m0/s1. The van der Waals surface area contributed by atoms with Crippen LogP contribution in [-0.4, -0.2) is 11.7 Å². The van der Waals surface area contributed by atoms with E-state index in [0.717, 1.165) is 19.4 Å². The van der Waals surface area contributed by atoms with Gasteiger partial charge in [0.25, 0.3) is 0 Å². The molecule has 3 atom stereocenters. The van der Waals surface area contributed by atoms with Crippen molar-refractivity contribution in [1.82, 2.24) is 0 Å². The molecule has 146 valence electrons. The van der Waals surface area contributed by atoms with Gasteiger partial charge in [-0.3, -0.25) is 0 Å². The van der Waals surface area contributed by atoms with Gasteiger partial charge < -0.3 is 4.74 Å². The molecule has 0 heterocycles. The van der Waals surface area contributed by atoms with Crippen LogP contribution >= 0.6 is 18.5 Å². The molecule has 0 saturated heterocycles. The molecule has 2 unspecified atom stereocenters. The molecule has 3 heteroatoms. The molecule has 0 aromatic heterocycles. The van der Waals surface area contributed by atoms with Gasteiger partial charge in [-0.15, -0.1) is 0 Å². The van der Waals surface area contributed by atoms with Crippen molar-refractivity contribution in [3.8, 4) is 11.1 Å². The van der Waals surface area contributed by atoms with Crippen molar-refractivity contribution in [2.45, 2.75) is 51.5 Å². The Kier molecular flexibility index (Phi) is 9.17. The molecule has 0 spiro atoms. The monoisotopic (exact) mass is 400 g/mol. The van der Waals surface area contributed by atoms with Gasteiger partial charge in [0.15, 0.2) is 0 Å². The van der Waals surface area contributed by atoms with Crippen LogP contribution < -0.4 is 0 Å². The van der Waals surface area contributed by atoms with Crippen LogP contribution in [0.15, 0.2) is 66.2 Å². The maximum Gasteiger partial charge on any atom is 0.0979 e. The Morgan fingerprint density at radius 2 is 1.59 bits per heavy atom. The van der Waals surface area contributed by atoms with Crippen molar-refractivity contribution in [3.63, 3.8) is 0 Å². The molecule has 0 saturated carbocycles. The molecular formula is C24H34OP2. The summed E-state index contributed by atoms with van der Waals surface area (Å²) in [5, 5.41) is -0.298. The molecule has 27 heavy (non-hydrogen) atoms. The third kappa shape index (κ3) is 8.69. The van der Waals surface area contributed by atoms with Crippen LogP contribution in [0, 0.1) is 5.92 Å². The summed E-state index contributed by atoms with van der Waals surface area (Å²) in [4.78, 5) is 0. The molecule has 0 fully saturated rings. The van der Waals surface area contributed by atoms with Crippen LogP contribution in [0.1, 0.15) is 45.6 Å². The first-order valence-electron chi connectivity index (χ1n) is 9.85. The lowest BCUT2D eigenvalue weighted by molar-refractivity contribution is 0.0775. The van der Waals surface area contributed by atoms with E-state index in [4.69, 9.17) is 4.74 Å². The number of benzene rings is 2. The van der Waals surface area contributed by atoms with Gasteiger partial charge in [0.1, 0.15) is 0 Å². The van der Waals surface area contributed by atoms with Gasteiger partial charge in [0, 0.05) is 13.0 Å². The van der Waals surface area contributed by atoms with E-state index in [-0.39, 0.29) is 5.08 Å². The second kappa shape index (κ2) is 11.1. The Bertz CT molecular complexity index is 701. The third-order valence-electron chi connectivity index (χ3n) is 4.73. The predicted octanol–water partition coefficient (Wildman–Crippen LogP) is 7.09. The third-order valence-corrected chi connectivity index (χ3v) is 5.48. The Hall–Kier alpha value is -1.00. The fourth-order valence-electron chi connectivity index (χ4n) is 3.07. The van der Waals surface area contributed by atoms with E-state index in [1.165, 1.54) is 35.1 Å². The van der Waals surface area contributed by atoms with E-state index in [1.54, 1.807) is 0 Å². The van der Waals surface area contributed by atoms with Gasteiger partial charge in [-0.25, -0.2) is 0 Å². The van der Waals surface area contributed by atoms with Crippen LogP contribution in [-0.2, 0) is 11.2 Å². The summed E-state index contributed by atoms with van der Waals surface area (Å²) in [5.74, 6) is 0.691. The van der Waals surface area contributed by atoms with Crippen molar-refractivity contribution in [3.05, 3.63) is 71.8 Å². The quantitative estimate of drug-likeness (QED) is 0.306. The fourth-order valence-corrected chi connectivity index (χ4v) is 3.77. The Balaban J connectivity index is 1.79. The van der Waals surface area contributed by atoms with E-state index in [9.17, 15) is 0 Å². The molecule has 2 aromatic rings. The van der Waals surface area contributed by atoms with Crippen LogP contribution in [0.5, 0.6) is 0 Å². The molecule has 2 rings (SSSR count). The zero-order valence-electron chi connectivity index (χ0n) is 16.9. The molecule has 0 aliphatic rings. The largest absolute Gasteiger partial charge is 0.367 e. The fraction of sp³-hybridized carbons (Fsp3) is 0.417. The molecular weight excluding hydrogens is 366 g/mol. The summed E-state index contributed by atoms with van der Waals surface area (Å²) in [6, 6.07) is 19.3. The van der Waals surface area contributed by atoms with E-state index in [1.807, 2.05) is 0 Å². The Morgan fingerprint density at radius 3 is 2.22 bits per heavy atom. The molecule has 1 nitrogen and oxygen atoms in total. The zero-order chi connectivity index (χ0) is 19.7. The van der Waals surface area contributed by atoms with Gasteiger partial charge in [0.05, 0.1) is 5.08 Å². The maximum absolute atomic E-state index is 6.16. The lowest BCUT2D eigenvalue weighted by Gasteiger charge is -2.26. The Morgan fingerprint density at radius 1 is 0.963 bits per heavy atom. The van der Waals surface area contributed by atoms with Gasteiger partial charge in [-0.2, -0.15) is 0 Å². The second-order valence-electron chi connectivity index (χ2n) is 7.80. The van der Waals surface area contributed by atoms with Crippen LogP contribution in [0.25, 0.3) is 11.1 Å². The normalized spacial score (nSPS) is 12.6. The lowest BCUT2D eigenvalue weighted by Crippen LogP contribution is -2.21. The van der Waals surface area contributed by atoms with Crippen LogP contribution in [0.2, 0.25) is 0 Å². The van der Waals surface area contributed by atoms with Crippen molar-refractivity contribution in [2.75, 3.05) is 6.61 Å². The molecule has 0 aliphatic carbocycles. The minimum Gasteiger partial charge on any atom is -0.367 e. The number of ether oxygens (including phenoxy) is 1. The molecule has 0 radical (unpaired) electrons. The van der Waals surface area contributed by atoms with E-state index in [2.05, 4.69) is 99.9 Å². The SMILES string of the molecule is CC(C)=CCC[C@H](C)CCOC(P)(P)Cc1ccc(-c2ccccc2)cc1.